The number of hydrogen-bond acceptors (Lipinski definition) is 5. The first kappa shape index (κ1) is 15.1. The van der Waals surface area contributed by atoms with Crippen LogP contribution in [0.5, 0.6) is 0 Å². The van der Waals surface area contributed by atoms with Gasteiger partial charge in [0, 0.05) is 24.3 Å². The van der Waals surface area contributed by atoms with Crippen LogP contribution in [0, 0.1) is 6.92 Å². The van der Waals surface area contributed by atoms with E-state index in [2.05, 4.69) is 21.9 Å². The number of nitrogens with zero attached hydrogens (tertiary/aromatic N) is 3. The predicted octanol–water partition coefficient (Wildman–Crippen LogP) is 2.49. The molecule has 0 spiro atoms. The Balaban J connectivity index is 1.89. The third kappa shape index (κ3) is 4.08. The van der Waals surface area contributed by atoms with Gasteiger partial charge in [0.15, 0.2) is 0 Å². The summed E-state index contributed by atoms with van der Waals surface area (Å²) >= 11 is 3.30. The lowest BCUT2D eigenvalue weighted by Gasteiger charge is -2.14. The number of thioether (sulfide) groups is 1. The van der Waals surface area contributed by atoms with Gasteiger partial charge in [-0.05, 0) is 12.7 Å². The van der Waals surface area contributed by atoms with Crippen molar-refractivity contribution in [3.8, 4) is 0 Å². The maximum atomic E-state index is 12.1. The van der Waals surface area contributed by atoms with Crippen LogP contribution in [-0.2, 0) is 17.8 Å². The molecule has 20 heavy (non-hydrogen) atoms. The van der Waals surface area contributed by atoms with E-state index in [-0.39, 0.29) is 5.91 Å². The molecule has 2 aromatic rings. The molecule has 0 saturated carbocycles. The van der Waals surface area contributed by atoms with Gasteiger partial charge < -0.3 is 9.88 Å². The number of H-pyrrole nitrogens is 1. The van der Waals surface area contributed by atoms with Crippen LogP contribution >= 0.6 is 23.1 Å². The van der Waals surface area contributed by atoms with Crippen LogP contribution in [0.4, 0.5) is 0 Å². The Labute approximate surface area is 126 Å². The summed E-state index contributed by atoms with van der Waals surface area (Å²) in [6.45, 7) is 4.53. The van der Waals surface area contributed by atoms with Crippen molar-refractivity contribution in [1.29, 1.82) is 0 Å². The molecule has 5 nitrogen and oxygen atoms in total. The second-order valence-electron chi connectivity index (χ2n) is 4.48. The molecule has 2 rings (SSSR count). The highest BCUT2D eigenvalue weighted by atomic mass is 32.2. The van der Waals surface area contributed by atoms with E-state index < -0.39 is 0 Å². The van der Waals surface area contributed by atoms with E-state index in [4.69, 9.17) is 0 Å². The van der Waals surface area contributed by atoms with E-state index >= 15 is 0 Å². The maximum absolute atomic E-state index is 12.1. The molecule has 108 valence electrons. The second kappa shape index (κ2) is 6.90. The van der Waals surface area contributed by atoms with Gasteiger partial charge in [-0.15, -0.1) is 11.3 Å². The Kier molecular flexibility index (Phi) is 5.19. The zero-order valence-electron chi connectivity index (χ0n) is 11.8. The Bertz CT molecular complexity index is 578. The van der Waals surface area contributed by atoms with Crippen LogP contribution in [0.3, 0.4) is 0 Å². The number of carbonyl (C=O) groups is 1. The van der Waals surface area contributed by atoms with Crippen LogP contribution in [0.1, 0.15) is 24.1 Å². The van der Waals surface area contributed by atoms with Crippen molar-refractivity contribution in [1.82, 2.24) is 19.9 Å². The first-order chi connectivity index (χ1) is 9.58. The highest BCUT2D eigenvalue weighted by molar-refractivity contribution is 8.00. The summed E-state index contributed by atoms with van der Waals surface area (Å²) < 4.78 is 1.03. The molecule has 2 heterocycles. The van der Waals surface area contributed by atoms with Gasteiger partial charge in [-0.2, -0.15) is 0 Å². The number of aryl methyl sites for hydroxylation is 1. The van der Waals surface area contributed by atoms with Crippen LogP contribution < -0.4 is 0 Å². The van der Waals surface area contributed by atoms with Gasteiger partial charge in [-0.1, -0.05) is 18.7 Å². The molecule has 1 N–H and O–H groups in total. The lowest BCUT2D eigenvalue weighted by atomic mass is 10.3. The van der Waals surface area contributed by atoms with Crippen molar-refractivity contribution in [3.05, 3.63) is 28.8 Å². The SMILES string of the molecule is CCSc1nc(CC(=O)N(C)Cc2ncc(C)[nH]2)cs1. The molecule has 0 bridgehead atoms. The van der Waals surface area contributed by atoms with Crippen molar-refractivity contribution in [2.24, 2.45) is 0 Å². The summed E-state index contributed by atoms with van der Waals surface area (Å²) in [5.41, 5.74) is 1.85. The fourth-order valence-corrected chi connectivity index (χ4v) is 3.45. The highest BCUT2D eigenvalue weighted by Gasteiger charge is 2.13. The molecule has 0 saturated heterocycles. The minimum atomic E-state index is 0.0531. The van der Waals surface area contributed by atoms with E-state index in [9.17, 15) is 4.79 Å². The summed E-state index contributed by atoms with van der Waals surface area (Å²) in [5, 5.41) is 1.96. The molecule has 0 aliphatic rings. The minimum absolute atomic E-state index is 0.0531. The van der Waals surface area contributed by atoms with Crippen molar-refractivity contribution < 1.29 is 4.79 Å². The predicted molar refractivity (Wildman–Crippen MR) is 82.0 cm³/mol. The van der Waals surface area contributed by atoms with Crippen molar-refractivity contribution in [2.75, 3.05) is 12.8 Å². The van der Waals surface area contributed by atoms with Crippen molar-refractivity contribution >= 4 is 29.0 Å². The standard InChI is InChI=1S/C13H18N4OS2/c1-4-19-13-16-10(8-20-13)5-12(18)17(3)7-11-14-6-9(2)15-11/h6,8H,4-5,7H2,1-3H3,(H,14,15). The highest BCUT2D eigenvalue weighted by Crippen LogP contribution is 2.22. The fraction of sp³-hybridized carbons (Fsp3) is 0.462. The number of rotatable bonds is 6. The molecule has 0 atom stereocenters. The number of thiazole rings is 1. The lowest BCUT2D eigenvalue weighted by molar-refractivity contribution is -0.129. The van der Waals surface area contributed by atoms with Gasteiger partial charge >= 0.3 is 0 Å². The molecule has 2 aromatic heterocycles. The smallest absolute Gasteiger partial charge is 0.228 e. The van der Waals surface area contributed by atoms with Crippen molar-refractivity contribution in [3.63, 3.8) is 0 Å². The Hall–Kier alpha value is -1.34. The fourth-order valence-electron chi connectivity index (χ4n) is 1.71. The molecule has 1 amide bonds. The van der Waals surface area contributed by atoms with Gasteiger partial charge in [-0.25, -0.2) is 9.97 Å². The molecule has 7 heteroatoms. The number of aromatic amines is 1. The molecular formula is C13H18N4OS2. The molecule has 0 fully saturated rings. The average Bonchev–Trinajstić information content (AvgIpc) is 2.99. The monoisotopic (exact) mass is 310 g/mol. The lowest BCUT2D eigenvalue weighted by Crippen LogP contribution is -2.28. The first-order valence-electron chi connectivity index (χ1n) is 6.40. The molecule has 0 aliphatic carbocycles. The molecule has 0 aliphatic heterocycles. The van der Waals surface area contributed by atoms with E-state index in [1.807, 2.05) is 12.3 Å². The number of likely N-dealkylation sites (N-methyl/N-ethyl adjacent to an activating group) is 1. The van der Waals surface area contributed by atoms with E-state index in [0.717, 1.165) is 27.3 Å². The van der Waals surface area contributed by atoms with Gasteiger partial charge in [0.1, 0.15) is 10.2 Å². The number of carbonyl (C=O) groups excluding carboxylic acids is 1. The molecule has 0 unspecified atom stereocenters. The summed E-state index contributed by atoms with van der Waals surface area (Å²) in [4.78, 5) is 25.6. The average molecular weight is 310 g/mol. The summed E-state index contributed by atoms with van der Waals surface area (Å²) in [5.74, 6) is 1.86. The van der Waals surface area contributed by atoms with Crippen LogP contribution in [-0.4, -0.2) is 38.6 Å². The summed E-state index contributed by atoms with van der Waals surface area (Å²) in [6, 6.07) is 0. The normalized spacial score (nSPS) is 10.8. The van der Waals surface area contributed by atoms with E-state index in [1.165, 1.54) is 0 Å². The minimum Gasteiger partial charge on any atom is -0.345 e. The molecule has 0 radical (unpaired) electrons. The Morgan fingerprint density at radius 2 is 2.35 bits per heavy atom. The largest absolute Gasteiger partial charge is 0.345 e. The second-order valence-corrected chi connectivity index (χ2v) is 6.85. The van der Waals surface area contributed by atoms with Gasteiger partial charge in [0.25, 0.3) is 0 Å². The first-order valence-corrected chi connectivity index (χ1v) is 8.26. The number of aromatic nitrogens is 3. The molecule has 0 aromatic carbocycles. The summed E-state index contributed by atoms with van der Waals surface area (Å²) in [6.07, 6.45) is 2.11. The van der Waals surface area contributed by atoms with Gasteiger partial charge in [-0.3, -0.25) is 4.79 Å². The maximum Gasteiger partial charge on any atom is 0.228 e. The van der Waals surface area contributed by atoms with E-state index in [1.54, 1.807) is 41.2 Å². The van der Waals surface area contributed by atoms with Crippen LogP contribution in [0.2, 0.25) is 0 Å². The van der Waals surface area contributed by atoms with Gasteiger partial charge in [0.05, 0.1) is 18.7 Å². The Morgan fingerprint density at radius 3 is 3.00 bits per heavy atom. The summed E-state index contributed by atoms with van der Waals surface area (Å²) in [7, 11) is 1.79. The van der Waals surface area contributed by atoms with Gasteiger partial charge in [0.2, 0.25) is 5.91 Å². The topological polar surface area (TPSA) is 61.9 Å². The van der Waals surface area contributed by atoms with Crippen LogP contribution in [0.25, 0.3) is 0 Å². The zero-order chi connectivity index (χ0) is 14.5. The third-order valence-corrected chi connectivity index (χ3v) is 4.65. The number of nitrogens with one attached hydrogen (secondary N) is 1. The quantitative estimate of drug-likeness (QED) is 0.833. The number of amides is 1. The van der Waals surface area contributed by atoms with E-state index in [0.29, 0.717) is 13.0 Å². The number of imidazole rings is 1. The van der Waals surface area contributed by atoms with Crippen LogP contribution in [0.15, 0.2) is 15.9 Å². The molecular weight excluding hydrogens is 292 g/mol. The number of hydrogen-bond donors (Lipinski definition) is 1. The zero-order valence-corrected chi connectivity index (χ0v) is 13.5. The third-order valence-electron chi connectivity index (χ3n) is 2.70. The Morgan fingerprint density at radius 1 is 1.55 bits per heavy atom. The van der Waals surface area contributed by atoms with Crippen molar-refractivity contribution in [2.45, 2.75) is 31.2 Å².